The minimum absolute atomic E-state index is 0. The third kappa shape index (κ3) is 9.76. The van der Waals surface area contributed by atoms with Gasteiger partial charge in [-0.2, -0.15) is 0 Å². The van der Waals surface area contributed by atoms with Gasteiger partial charge in [-0.1, -0.05) is 254 Å². The molecule has 1 fully saturated rings. The van der Waals surface area contributed by atoms with E-state index in [0.717, 1.165) is 44.5 Å². The molecular weight excluding hydrogens is 804 g/mol. The summed E-state index contributed by atoms with van der Waals surface area (Å²) >= 11 is 0. The second-order valence-electron chi connectivity index (χ2n) is 16.8. The number of hydrogen-bond acceptors (Lipinski definition) is 5. The van der Waals surface area contributed by atoms with E-state index in [-0.39, 0.29) is 17.4 Å². The number of hydrogen-bond donors (Lipinski definition) is 0. The molecule has 1 aliphatic rings. The molecule has 64 heavy (non-hydrogen) atoms. The Bertz CT molecular complexity index is 2310. The first-order valence-electron chi connectivity index (χ1n) is 21.5. The first-order chi connectivity index (χ1) is 30.5. The van der Waals surface area contributed by atoms with Crippen LogP contribution in [0.4, 0.5) is 0 Å². The molecule has 0 radical (unpaired) electrons. The Kier molecular flexibility index (Phi) is 14.3. The van der Waals surface area contributed by atoms with Crippen LogP contribution in [-0.2, 0) is 20.7 Å². The van der Waals surface area contributed by atoms with E-state index in [0.29, 0.717) is 22.3 Å². The molecule has 6 heteroatoms. The summed E-state index contributed by atoms with van der Waals surface area (Å²) in [5.41, 5.74) is 5.82. The largest absolute Gasteiger partial charge is 3.00 e. The van der Waals surface area contributed by atoms with Gasteiger partial charge in [-0.3, -0.25) is 0 Å². The van der Waals surface area contributed by atoms with Crippen LogP contribution in [0.25, 0.3) is 44.5 Å². The van der Waals surface area contributed by atoms with Crippen LogP contribution in [0.3, 0.4) is 0 Å². The maximum Gasteiger partial charge on any atom is 3.00 e. The van der Waals surface area contributed by atoms with Gasteiger partial charge < -0.3 is 24.8 Å². The summed E-state index contributed by atoms with van der Waals surface area (Å²) in [6.07, 6.45) is -2.94. The molecule has 8 aromatic carbocycles. The van der Waals surface area contributed by atoms with Gasteiger partial charge in [0.05, 0.1) is 12.2 Å². The van der Waals surface area contributed by atoms with Crippen LogP contribution in [0.1, 0.15) is 49.9 Å². The standard InChI is InChI=1S/C55H44O4.C3H7O.Al/c1-53(2)58-51(54(56,47-31-23-43(24-32-47)39-15-7-3-8-16-39)48-33-25-44(26-34-48)40-17-9-4-10-18-40)52(59-53)55(57,49-35-27-45(28-36-49)41-19-11-5-12-20-41)50-37-29-46(30-38-50)42-21-13-6-14-22-42;1-3(2)4;/h3-38,51-52H,1-2H3;3H,1-2H3;/q-2;-1;+3/t51-,52-;;/m1../s1. The Labute approximate surface area is 388 Å². The number of ether oxygens (including phenoxy) is 2. The van der Waals surface area contributed by atoms with Crippen molar-refractivity contribution in [1.82, 2.24) is 0 Å². The molecular formula is C58H51AlO5. The average molecular weight is 855 g/mol. The summed E-state index contributed by atoms with van der Waals surface area (Å²) in [7, 11) is 0. The maximum absolute atomic E-state index is 16.5. The van der Waals surface area contributed by atoms with Crippen molar-refractivity contribution in [1.29, 1.82) is 0 Å². The van der Waals surface area contributed by atoms with Crippen molar-refractivity contribution in [2.45, 2.75) is 63.0 Å². The Morgan fingerprint density at radius 2 is 0.531 bits per heavy atom. The predicted molar refractivity (Wildman–Crippen MR) is 254 cm³/mol. The molecule has 0 aliphatic carbocycles. The van der Waals surface area contributed by atoms with Gasteiger partial charge in [0.15, 0.2) is 5.79 Å². The van der Waals surface area contributed by atoms with Crippen LogP contribution in [0.15, 0.2) is 218 Å². The first-order valence-corrected chi connectivity index (χ1v) is 21.5. The van der Waals surface area contributed by atoms with Crippen molar-refractivity contribution in [3.8, 4) is 44.5 Å². The van der Waals surface area contributed by atoms with E-state index in [1.165, 1.54) is 0 Å². The van der Waals surface area contributed by atoms with Crippen molar-refractivity contribution in [3.63, 3.8) is 0 Å². The van der Waals surface area contributed by atoms with E-state index in [1.807, 2.05) is 218 Å². The normalized spacial score (nSPS) is 15.8. The summed E-state index contributed by atoms with van der Waals surface area (Å²) in [5, 5.41) is 42.6. The maximum atomic E-state index is 16.5. The van der Waals surface area contributed by atoms with Crippen molar-refractivity contribution < 1.29 is 24.8 Å². The summed E-state index contributed by atoms with van der Waals surface area (Å²) in [6.45, 7) is 6.80. The molecule has 0 unspecified atom stereocenters. The van der Waals surface area contributed by atoms with Crippen molar-refractivity contribution in [2.24, 2.45) is 0 Å². The molecule has 8 aromatic rings. The molecule has 316 valence electrons. The first kappa shape index (κ1) is 46.1. The third-order valence-corrected chi connectivity index (χ3v) is 11.6. The molecule has 1 heterocycles. The fourth-order valence-electron chi connectivity index (χ4n) is 8.51. The van der Waals surface area contributed by atoms with E-state index in [2.05, 4.69) is 0 Å². The van der Waals surface area contributed by atoms with Crippen molar-refractivity contribution in [2.75, 3.05) is 0 Å². The van der Waals surface area contributed by atoms with E-state index >= 15 is 10.2 Å². The molecule has 0 spiro atoms. The second kappa shape index (κ2) is 19.9. The molecule has 0 saturated carbocycles. The van der Waals surface area contributed by atoms with E-state index in [4.69, 9.17) is 9.47 Å². The topological polar surface area (TPSA) is 87.6 Å². The quantitative estimate of drug-likeness (QED) is 0.128. The zero-order valence-corrected chi connectivity index (χ0v) is 37.8. The minimum Gasteiger partial charge on any atom is -0.852 e. The molecule has 2 atom stereocenters. The number of benzene rings is 8. The van der Waals surface area contributed by atoms with E-state index in [1.54, 1.807) is 27.7 Å². The van der Waals surface area contributed by atoms with Gasteiger partial charge in [0.1, 0.15) is 0 Å². The van der Waals surface area contributed by atoms with Gasteiger partial charge >= 0.3 is 17.4 Å². The van der Waals surface area contributed by atoms with Gasteiger partial charge in [-0.15, -0.1) is 6.10 Å². The molecule has 0 amide bonds. The van der Waals surface area contributed by atoms with E-state index < -0.39 is 35.3 Å². The van der Waals surface area contributed by atoms with Crippen LogP contribution in [-0.4, -0.2) is 41.5 Å². The summed E-state index contributed by atoms with van der Waals surface area (Å²) < 4.78 is 13.6. The van der Waals surface area contributed by atoms with Gasteiger partial charge in [0.2, 0.25) is 0 Å². The van der Waals surface area contributed by atoms with Crippen molar-refractivity contribution in [3.05, 3.63) is 241 Å². The molecule has 0 aromatic heterocycles. The van der Waals surface area contributed by atoms with Gasteiger partial charge in [-0.05, 0) is 69.6 Å². The molecule has 1 aliphatic heterocycles. The summed E-state index contributed by atoms with van der Waals surface area (Å²) in [5.74, 6) is -1.26. The fourth-order valence-corrected chi connectivity index (χ4v) is 8.51. The summed E-state index contributed by atoms with van der Waals surface area (Å²) in [6, 6.07) is 71.1. The van der Waals surface area contributed by atoms with Crippen LogP contribution < -0.4 is 15.3 Å². The SMILES string of the molecule is CC(C)[O-].CC1(C)O[C@@H](C([O-])(c2ccc(-c3ccccc3)cc2)c2ccc(-c3ccccc3)cc2)[C@H](C([O-])(c2ccc(-c3ccccc3)cc2)c2ccc(-c3ccccc3)cc2)O1.[Al+3]. The van der Waals surface area contributed by atoms with Crippen molar-refractivity contribution >= 4 is 17.4 Å². The van der Waals surface area contributed by atoms with Gasteiger partial charge in [-0.25, -0.2) is 0 Å². The van der Waals surface area contributed by atoms with Gasteiger partial charge in [0.25, 0.3) is 0 Å². The predicted octanol–water partition coefficient (Wildman–Crippen LogP) is 10.2. The Morgan fingerprint density at radius 1 is 0.359 bits per heavy atom. The third-order valence-electron chi connectivity index (χ3n) is 11.6. The fraction of sp³-hybridized carbons (Fsp3) is 0.172. The molecule has 5 nitrogen and oxygen atoms in total. The Morgan fingerprint density at radius 3 is 0.719 bits per heavy atom. The molecule has 1 saturated heterocycles. The van der Waals surface area contributed by atoms with Crippen LogP contribution >= 0.6 is 0 Å². The van der Waals surface area contributed by atoms with Crippen LogP contribution in [0.5, 0.6) is 0 Å². The molecule has 0 N–H and O–H groups in total. The summed E-state index contributed by atoms with van der Waals surface area (Å²) in [4.78, 5) is 0. The smallest absolute Gasteiger partial charge is 0.852 e. The minimum atomic E-state index is -2.08. The zero-order chi connectivity index (χ0) is 44.0. The molecule has 0 bridgehead atoms. The molecule has 9 rings (SSSR count). The van der Waals surface area contributed by atoms with Gasteiger partial charge in [0, 0.05) is 0 Å². The number of rotatable bonds is 10. The Balaban J connectivity index is 0.00000118. The van der Waals surface area contributed by atoms with E-state index in [9.17, 15) is 5.11 Å². The average Bonchev–Trinajstić information content (AvgIpc) is 3.68. The van der Waals surface area contributed by atoms with Crippen LogP contribution in [0, 0.1) is 0 Å². The zero-order valence-electron chi connectivity index (χ0n) is 36.6. The monoisotopic (exact) mass is 854 g/mol. The second-order valence-corrected chi connectivity index (χ2v) is 16.8. The Hall–Kier alpha value is -5.91. The van der Waals surface area contributed by atoms with Crippen LogP contribution in [0.2, 0.25) is 0 Å².